The lowest BCUT2D eigenvalue weighted by Crippen LogP contribution is -2.22. The summed E-state index contributed by atoms with van der Waals surface area (Å²) in [4.78, 5) is 10.4. The predicted octanol–water partition coefficient (Wildman–Crippen LogP) is 2.13. The van der Waals surface area contributed by atoms with Crippen molar-refractivity contribution in [1.82, 2.24) is 9.62 Å². The lowest BCUT2D eigenvalue weighted by Gasteiger charge is -2.12. The lowest BCUT2D eigenvalue weighted by molar-refractivity contribution is -0.384. The number of hydrogen-bond acceptors (Lipinski definition) is 5. The van der Waals surface area contributed by atoms with Crippen LogP contribution in [0.2, 0.25) is 0 Å². The van der Waals surface area contributed by atoms with E-state index < -0.39 is 14.9 Å². The molecule has 24 heavy (non-hydrogen) atoms. The highest BCUT2D eigenvalue weighted by Gasteiger charge is 2.16. The van der Waals surface area contributed by atoms with E-state index in [1.165, 1.54) is 30.5 Å². The highest BCUT2D eigenvalue weighted by atomic mass is 32.2. The summed E-state index contributed by atoms with van der Waals surface area (Å²) in [6, 6.07) is 13.0. The van der Waals surface area contributed by atoms with Gasteiger partial charge in [-0.05, 0) is 23.3 Å². The van der Waals surface area contributed by atoms with Gasteiger partial charge in [0.25, 0.3) is 5.69 Å². The molecule has 128 valence electrons. The van der Waals surface area contributed by atoms with Crippen LogP contribution in [0.1, 0.15) is 11.1 Å². The van der Waals surface area contributed by atoms with Crippen molar-refractivity contribution in [2.24, 2.45) is 0 Å². The molecular formula is C16H19N3O4S. The Morgan fingerprint density at radius 3 is 1.83 bits per heavy atom. The zero-order valence-corrected chi connectivity index (χ0v) is 14.3. The standard InChI is InChI=1S/C16H19N3O4S/c1-18(2)24(22,23)16-9-5-14(6-10-16)12-17-11-13-3-7-15(8-4-13)19(20)21/h3-10,17H,11-12H2,1-2H3. The molecule has 0 bridgehead atoms. The van der Waals surface area contributed by atoms with Crippen molar-refractivity contribution in [3.63, 3.8) is 0 Å². The maximum atomic E-state index is 12.0. The van der Waals surface area contributed by atoms with E-state index in [1.807, 2.05) is 0 Å². The monoisotopic (exact) mass is 349 g/mol. The van der Waals surface area contributed by atoms with Crippen LogP contribution in [-0.4, -0.2) is 31.7 Å². The van der Waals surface area contributed by atoms with Crippen LogP contribution < -0.4 is 5.32 Å². The Labute approximate surface area is 141 Å². The third-order valence-electron chi connectivity index (χ3n) is 3.51. The zero-order valence-electron chi connectivity index (χ0n) is 13.5. The molecule has 0 aliphatic heterocycles. The number of nitro groups is 1. The SMILES string of the molecule is CN(C)S(=O)(=O)c1ccc(CNCc2ccc([N+](=O)[O-])cc2)cc1. The van der Waals surface area contributed by atoms with Gasteiger partial charge in [0.1, 0.15) is 0 Å². The maximum absolute atomic E-state index is 12.0. The van der Waals surface area contributed by atoms with Gasteiger partial charge >= 0.3 is 0 Å². The molecular weight excluding hydrogens is 330 g/mol. The molecule has 7 nitrogen and oxygen atoms in total. The van der Waals surface area contributed by atoms with Crippen LogP contribution >= 0.6 is 0 Å². The number of rotatable bonds is 7. The van der Waals surface area contributed by atoms with Crippen LogP contribution in [0.25, 0.3) is 0 Å². The Morgan fingerprint density at radius 2 is 1.42 bits per heavy atom. The summed E-state index contributed by atoms with van der Waals surface area (Å²) >= 11 is 0. The average molecular weight is 349 g/mol. The first-order valence-corrected chi connectivity index (χ1v) is 8.70. The molecule has 0 amide bonds. The minimum absolute atomic E-state index is 0.0661. The first-order chi connectivity index (χ1) is 11.3. The van der Waals surface area contributed by atoms with Crippen molar-refractivity contribution in [2.45, 2.75) is 18.0 Å². The van der Waals surface area contributed by atoms with E-state index in [0.717, 1.165) is 11.1 Å². The summed E-state index contributed by atoms with van der Waals surface area (Å²) in [5, 5.41) is 13.8. The highest BCUT2D eigenvalue weighted by molar-refractivity contribution is 7.89. The molecule has 0 radical (unpaired) electrons. The van der Waals surface area contributed by atoms with Gasteiger partial charge in [0.15, 0.2) is 0 Å². The van der Waals surface area contributed by atoms with Crippen LogP contribution in [0.15, 0.2) is 53.4 Å². The Morgan fingerprint density at radius 1 is 0.958 bits per heavy atom. The first-order valence-electron chi connectivity index (χ1n) is 7.26. The van der Waals surface area contributed by atoms with Gasteiger partial charge in [0.05, 0.1) is 9.82 Å². The van der Waals surface area contributed by atoms with Gasteiger partial charge in [-0.25, -0.2) is 12.7 Å². The molecule has 0 fully saturated rings. The number of non-ortho nitro benzene ring substituents is 1. The van der Waals surface area contributed by atoms with Gasteiger partial charge < -0.3 is 5.32 Å². The number of nitro benzene ring substituents is 1. The number of hydrogen-bond donors (Lipinski definition) is 1. The molecule has 0 atom stereocenters. The van der Waals surface area contributed by atoms with Crippen LogP contribution in [-0.2, 0) is 23.1 Å². The van der Waals surface area contributed by atoms with Gasteiger partial charge in [0, 0.05) is 39.3 Å². The molecule has 2 rings (SSSR count). The summed E-state index contributed by atoms with van der Waals surface area (Å²) in [6.07, 6.45) is 0. The largest absolute Gasteiger partial charge is 0.309 e. The zero-order chi connectivity index (χ0) is 17.7. The molecule has 0 heterocycles. The molecule has 0 unspecified atom stereocenters. The highest BCUT2D eigenvalue weighted by Crippen LogP contribution is 2.14. The number of benzene rings is 2. The van der Waals surface area contributed by atoms with E-state index in [1.54, 1.807) is 36.4 Å². The fourth-order valence-electron chi connectivity index (χ4n) is 2.08. The maximum Gasteiger partial charge on any atom is 0.269 e. The molecule has 0 saturated heterocycles. The molecule has 0 saturated carbocycles. The topological polar surface area (TPSA) is 92.6 Å². The lowest BCUT2D eigenvalue weighted by atomic mass is 10.2. The van der Waals surface area contributed by atoms with E-state index in [0.29, 0.717) is 13.1 Å². The van der Waals surface area contributed by atoms with Crippen LogP contribution in [0, 0.1) is 10.1 Å². The molecule has 0 aliphatic carbocycles. The van der Waals surface area contributed by atoms with E-state index in [4.69, 9.17) is 0 Å². The Kier molecular flexibility index (Phi) is 5.66. The van der Waals surface area contributed by atoms with Gasteiger partial charge in [-0.3, -0.25) is 10.1 Å². The van der Waals surface area contributed by atoms with Crippen molar-refractivity contribution >= 4 is 15.7 Å². The Hall–Kier alpha value is -2.29. The second-order valence-corrected chi connectivity index (χ2v) is 7.61. The second-order valence-electron chi connectivity index (χ2n) is 5.46. The average Bonchev–Trinajstić information content (AvgIpc) is 2.55. The van der Waals surface area contributed by atoms with Crippen LogP contribution in [0.3, 0.4) is 0 Å². The third-order valence-corrected chi connectivity index (χ3v) is 5.34. The quantitative estimate of drug-likeness (QED) is 0.611. The molecule has 0 aromatic heterocycles. The molecule has 1 N–H and O–H groups in total. The number of nitrogens with zero attached hydrogens (tertiary/aromatic N) is 2. The molecule has 2 aromatic rings. The summed E-state index contributed by atoms with van der Waals surface area (Å²) in [5.74, 6) is 0. The number of nitrogens with one attached hydrogen (secondary N) is 1. The molecule has 2 aromatic carbocycles. The predicted molar refractivity (Wildman–Crippen MR) is 91.0 cm³/mol. The van der Waals surface area contributed by atoms with Crippen molar-refractivity contribution in [2.75, 3.05) is 14.1 Å². The van der Waals surface area contributed by atoms with Crippen molar-refractivity contribution in [3.05, 3.63) is 69.8 Å². The second kappa shape index (κ2) is 7.52. The van der Waals surface area contributed by atoms with E-state index in [9.17, 15) is 18.5 Å². The van der Waals surface area contributed by atoms with E-state index in [2.05, 4.69) is 5.32 Å². The number of sulfonamides is 1. The molecule has 0 spiro atoms. The van der Waals surface area contributed by atoms with Crippen LogP contribution in [0.4, 0.5) is 5.69 Å². The third kappa shape index (κ3) is 4.38. The van der Waals surface area contributed by atoms with Crippen molar-refractivity contribution in [1.29, 1.82) is 0 Å². The Balaban J connectivity index is 1.92. The summed E-state index contributed by atoms with van der Waals surface area (Å²) < 4.78 is 25.1. The first kappa shape index (κ1) is 18.1. The minimum atomic E-state index is -3.41. The summed E-state index contributed by atoms with van der Waals surface area (Å²) in [7, 11) is -0.420. The van der Waals surface area contributed by atoms with Crippen molar-refractivity contribution < 1.29 is 13.3 Å². The van der Waals surface area contributed by atoms with Crippen molar-refractivity contribution in [3.8, 4) is 0 Å². The van der Waals surface area contributed by atoms with Gasteiger partial charge in [-0.1, -0.05) is 24.3 Å². The summed E-state index contributed by atoms with van der Waals surface area (Å²) in [5.41, 5.74) is 1.96. The van der Waals surface area contributed by atoms with E-state index in [-0.39, 0.29) is 10.6 Å². The fraction of sp³-hybridized carbons (Fsp3) is 0.250. The Bertz CT molecular complexity index is 800. The summed E-state index contributed by atoms with van der Waals surface area (Å²) in [6.45, 7) is 1.13. The smallest absolute Gasteiger partial charge is 0.269 e. The van der Waals surface area contributed by atoms with Gasteiger partial charge in [0.2, 0.25) is 10.0 Å². The normalized spacial score (nSPS) is 11.6. The molecule has 8 heteroatoms. The van der Waals surface area contributed by atoms with Crippen LogP contribution in [0.5, 0.6) is 0 Å². The minimum Gasteiger partial charge on any atom is -0.309 e. The van der Waals surface area contributed by atoms with Gasteiger partial charge in [-0.2, -0.15) is 0 Å². The van der Waals surface area contributed by atoms with Gasteiger partial charge in [-0.15, -0.1) is 0 Å². The molecule has 0 aliphatic rings. The fourth-order valence-corrected chi connectivity index (χ4v) is 2.98. The van der Waals surface area contributed by atoms with E-state index >= 15 is 0 Å².